The topological polar surface area (TPSA) is 52.7 Å². The van der Waals surface area contributed by atoms with Gasteiger partial charge in [0.2, 0.25) is 11.8 Å². The van der Waals surface area contributed by atoms with Gasteiger partial charge in [-0.3, -0.25) is 9.59 Å². The van der Waals surface area contributed by atoms with Crippen molar-refractivity contribution in [3.05, 3.63) is 28.8 Å². The Morgan fingerprint density at radius 3 is 2.57 bits per heavy atom. The Bertz CT molecular complexity index is 574. The molecule has 6 heteroatoms. The summed E-state index contributed by atoms with van der Waals surface area (Å²) in [5.74, 6) is -0.00129. The van der Waals surface area contributed by atoms with Crippen molar-refractivity contribution in [3.8, 4) is 0 Å². The fraction of sp³-hybridized carbons (Fsp3) is 0.467. The quantitative estimate of drug-likeness (QED) is 0.835. The molecular formula is C15H18ClN3O2. The van der Waals surface area contributed by atoms with Gasteiger partial charge in [0.25, 0.3) is 0 Å². The Balaban J connectivity index is 1.61. The number of hydrogen-bond donors (Lipinski definition) is 1. The molecule has 0 saturated carbocycles. The lowest BCUT2D eigenvalue weighted by Crippen LogP contribution is -2.60. The average Bonchev–Trinajstić information content (AvgIpc) is 2.46. The Kier molecular flexibility index (Phi) is 3.76. The summed E-state index contributed by atoms with van der Waals surface area (Å²) in [5.41, 5.74) is 2.21. The maximum absolute atomic E-state index is 12.2. The Morgan fingerprint density at radius 2 is 1.95 bits per heavy atom. The van der Waals surface area contributed by atoms with Gasteiger partial charge in [0.15, 0.2) is 0 Å². The van der Waals surface area contributed by atoms with E-state index >= 15 is 0 Å². The number of piperazine rings is 1. The van der Waals surface area contributed by atoms with Crippen LogP contribution in [0.4, 0.5) is 5.69 Å². The van der Waals surface area contributed by atoms with Crippen LogP contribution in [0, 0.1) is 6.92 Å². The largest absolute Gasteiger partial charge is 0.368 e. The minimum atomic E-state index is -0.308. The van der Waals surface area contributed by atoms with Gasteiger partial charge < -0.3 is 15.1 Å². The standard InChI is InChI=1S/C15H18ClN3O2/c1-10-11(16)3-2-4-13(10)18-5-7-19(8-6-18)15(21)12-9-14(20)17-12/h2-4,12H,5-9H2,1H3,(H,17,20). The third kappa shape index (κ3) is 2.70. The number of hydrogen-bond acceptors (Lipinski definition) is 3. The first-order valence-electron chi connectivity index (χ1n) is 7.14. The van der Waals surface area contributed by atoms with Crippen LogP contribution in [0.2, 0.25) is 5.02 Å². The highest BCUT2D eigenvalue weighted by atomic mass is 35.5. The molecule has 1 aromatic carbocycles. The van der Waals surface area contributed by atoms with Crippen LogP contribution in [0.5, 0.6) is 0 Å². The highest BCUT2D eigenvalue weighted by Crippen LogP contribution is 2.27. The van der Waals surface area contributed by atoms with Gasteiger partial charge in [-0.1, -0.05) is 17.7 Å². The Morgan fingerprint density at radius 1 is 1.29 bits per heavy atom. The normalized spacial score (nSPS) is 21.8. The highest BCUT2D eigenvalue weighted by Gasteiger charge is 2.35. The van der Waals surface area contributed by atoms with Gasteiger partial charge in [0, 0.05) is 36.9 Å². The summed E-state index contributed by atoms with van der Waals surface area (Å²) in [6.45, 7) is 4.94. The monoisotopic (exact) mass is 307 g/mol. The Hall–Kier alpha value is -1.75. The lowest BCUT2D eigenvalue weighted by Gasteiger charge is -2.39. The van der Waals surface area contributed by atoms with Crippen LogP contribution in [0.1, 0.15) is 12.0 Å². The number of rotatable bonds is 2. The van der Waals surface area contributed by atoms with Crippen molar-refractivity contribution >= 4 is 29.1 Å². The van der Waals surface area contributed by atoms with Crippen molar-refractivity contribution < 1.29 is 9.59 Å². The molecule has 2 amide bonds. The summed E-state index contributed by atoms with van der Waals surface area (Å²) in [6.07, 6.45) is 0.326. The van der Waals surface area contributed by atoms with Gasteiger partial charge in [-0.05, 0) is 24.6 Å². The highest BCUT2D eigenvalue weighted by molar-refractivity contribution is 6.31. The fourth-order valence-corrected chi connectivity index (χ4v) is 3.00. The van der Waals surface area contributed by atoms with E-state index in [9.17, 15) is 9.59 Å². The minimum absolute atomic E-state index is 0.0390. The summed E-state index contributed by atoms with van der Waals surface area (Å²) in [6, 6.07) is 5.59. The zero-order valence-electron chi connectivity index (χ0n) is 11.9. The van der Waals surface area contributed by atoms with E-state index in [0.717, 1.165) is 29.4 Å². The van der Waals surface area contributed by atoms with Crippen LogP contribution in [0.3, 0.4) is 0 Å². The van der Waals surface area contributed by atoms with Gasteiger partial charge in [-0.2, -0.15) is 0 Å². The summed E-state index contributed by atoms with van der Waals surface area (Å²) in [5, 5.41) is 3.40. The maximum Gasteiger partial charge on any atom is 0.245 e. The van der Waals surface area contributed by atoms with Crippen LogP contribution in [-0.2, 0) is 9.59 Å². The fourth-order valence-electron chi connectivity index (χ4n) is 2.83. The molecule has 2 fully saturated rings. The molecular weight excluding hydrogens is 290 g/mol. The van der Waals surface area contributed by atoms with Gasteiger partial charge in [-0.15, -0.1) is 0 Å². The van der Waals surface area contributed by atoms with E-state index in [1.54, 1.807) is 0 Å². The van der Waals surface area contributed by atoms with Gasteiger partial charge >= 0.3 is 0 Å². The zero-order chi connectivity index (χ0) is 15.0. The van der Waals surface area contributed by atoms with Crippen molar-refractivity contribution in [2.75, 3.05) is 31.1 Å². The van der Waals surface area contributed by atoms with E-state index in [1.807, 2.05) is 24.0 Å². The van der Waals surface area contributed by atoms with Crippen molar-refractivity contribution in [1.29, 1.82) is 0 Å². The summed E-state index contributed by atoms with van der Waals surface area (Å²) >= 11 is 6.16. The molecule has 3 rings (SSSR count). The van der Waals surface area contributed by atoms with Crippen LogP contribution < -0.4 is 10.2 Å². The van der Waals surface area contributed by atoms with Gasteiger partial charge in [-0.25, -0.2) is 0 Å². The number of nitrogens with one attached hydrogen (secondary N) is 1. The molecule has 0 aliphatic carbocycles. The molecule has 1 aromatic rings. The van der Waals surface area contributed by atoms with E-state index in [0.29, 0.717) is 19.5 Å². The summed E-state index contributed by atoms with van der Waals surface area (Å²) in [4.78, 5) is 27.2. The number of benzene rings is 1. The SMILES string of the molecule is Cc1c(Cl)cccc1N1CCN(C(=O)C2CC(=O)N2)CC1. The van der Waals surface area contributed by atoms with E-state index in [1.165, 1.54) is 0 Å². The van der Waals surface area contributed by atoms with Crippen LogP contribution >= 0.6 is 11.6 Å². The number of amides is 2. The first kappa shape index (κ1) is 14.2. The summed E-state index contributed by atoms with van der Waals surface area (Å²) in [7, 11) is 0. The molecule has 2 aliphatic rings. The first-order valence-corrected chi connectivity index (χ1v) is 7.52. The number of nitrogens with zero attached hydrogens (tertiary/aromatic N) is 2. The molecule has 0 bridgehead atoms. The number of anilines is 1. The minimum Gasteiger partial charge on any atom is -0.368 e. The molecule has 1 atom stereocenters. The molecule has 2 heterocycles. The second-order valence-electron chi connectivity index (χ2n) is 5.52. The molecule has 1 N–H and O–H groups in total. The smallest absolute Gasteiger partial charge is 0.245 e. The van der Waals surface area contributed by atoms with E-state index in [2.05, 4.69) is 16.3 Å². The van der Waals surface area contributed by atoms with Crippen molar-refractivity contribution in [2.45, 2.75) is 19.4 Å². The van der Waals surface area contributed by atoms with Crippen molar-refractivity contribution in [1.82, 2.24) is 10.2 Å². The lowest BCUT2D eigenvalue weighted by atomic mass is 10.0. The second-order valence-corrected chi connectivity index (χ2v) is 5.93. The number of halogens is 1. The average molecular weight is 308 g/mol. The van der Waals surface area contributed by atoms with Crippen molar-refractivity contribution in [2.24, 2.45) is 0 Å². The predicted molar refractivity (Wildman–Crippen MR) is 81.5 cm³/mol. The molecule has 0 radical (unpaired) electrons. The molecule has 0 spiro atoms. The molecule has 2 aliphatic heterocycles. The van der Waals surface area contributed by atoms with E-state index in [4.69, 9.17) is 11.6 Å². The Labute approximate surface area is 128 Å². The predicted octanol–water partition coefficient (Wildman–Crippen LogP) is 1.19. The van der Waals surface area contributed by atoms with E-state index in [-0.39, 0.29) is 17.9 Å². The van der Waals surface area contributed by atoms with Crippen LogP contribution in [0.25, 0.3) is 0 Å². The molecule has 0 aromatic heterocycles. The van der Waals surface area contributed by atoms with Crippen molar-refractivity contribution in [3.63, 3.8) is 0 Å². The zero-order valence-corrected chi connectivity index (χ0v) is 12.7. The molecule has 21 heavy (non-hydrogen) atoms. The maximum atomic E-state index is 12.2. The second kappa shape index (κ2) is 5.56. The van der Waals surface area contributed by atoms with Crippen LogP contribution in [0.15, 0.2) is 18.2 Å². The van der Waals surface area contributed by atoms with Crippen LogP contribution in [-0.4, -0.2) is 48.9 Å². The van der Waals surface area contributed by atoms with Gasteiger partial charge in [0.1, 0.15) is 6.04 Å². The first-order chi connectivity index (χ1) is 10.1. The van der Waals surface area contributed by atoms with Gasteiger partial charge in [0.05, 0.1) is 6.42 Å². The molecule has 112 valence electrons. The number of β-lactam (4-membered cyclic amide) rings is 1. The molecule has 5 nitrogen and oxygen atoms in total. The third-order valence-electron chi connectivity index (χ3n) is 4.19. The number of carbonyl (C=O) groups excluding carboxylic acids is 2. The van der Waals surface area contributed by atoms with E-state index < -0.39 is 0 Å². The lowest BCUT2D eigenvalue weighted by molar-refractivity contribution is -0.143. The number of carbonyl (C=O) groups is 2. The summed E-state index contributed by atoms with van der Waals surface area (Å²) < 4.78 is 0. The third-order valence-corrected chi connectivity index (χ3v) is 4.60. The molecule has 2 saturated heterocycles. The molecule has 1 unspecified atom stereocenters.